The van der Waals surface area contributed by atoms with Gasteiger partial charge in [-0.3, -0.25) is 4.79 Å². The highest BCUT2D eigenvalue weighted by Gasteiger charge is 2.21. The van der Waals surface area contributed by atoms with Gasteiger partial charge in [0.1, 0.15) is 11.5 Å². The highest BCUT2D eigenvalue weighted by atomic mass is 16.5. The van der Waals surface area contributed by atoms with Crippen LogP contribution in [0.25, 0.3) is 5.82 Å². The Morgan fingerprint density at radius 3 is 2.61 bits per heavy atom. The highest BCUT2D eigenvalue weighted by molar-refractivity contribution is 5.95. The maximum absolute atomic E-state index is 12.7. The molecule has 0 saturated carbocycles. The number of hydrogen-bond acceptors (Lipinski definition) is 5. The lowest BCUT2D eigenvalue weighted by atomic mass is 10.2. The normalized spacial score (nSPS) is 10.8. The van der Waals surface area contributed by atoms with Gasteiger partial charge in [-0.1, -0.05) is 17.3 Å². The lowest BCUT2D eigenvalue weighted by molar-refractivity contribution is 0.0943. The van der Waals surface area contributed by atoms with E-state index in [0.29, 0.717) is 18.1 Å². The number of amides is 1. The number of carbonyl (C=O) groups excluding carboxylic acids is 1. The third-order valence-corrected chi connectivity index (χ3v) is 4.27. The minimum atomic E-state index is -0.318. The number of nitrogens with zero attached hydrogens (tertiary/aromatic N) is 4. The standard InChI is InChI=1S/C20H19N5O3/c1-27-16-8-6-15(7-9-16)14-25-20(24-10-2-3-11-24)18(22-23-25)19(26)21-13-17-5-4-12-28-17/h2-12H,13-14H2,1H3,(H,21,26). The second-order valence-corrected chi connectivity index (χ2v) is 6.12. The minimum absolute atomic E-state index is 0.247. The van der Waals surface area contributed by atoms with Crippen molar-refractivity contribution in [3.05, 3.63) is 84.2 Å². The van der Waals surface area contributed by atoms with Gasteiger partial charge >= 0.3 is 0 Å². The fourth-order valence-corrected chi connectivity index (χ4v) is 2.86. The molecule has 0 spiro atoms. The van der Waals surface area contributed by atoms with Crippen molar-refractivity contribution in [1.82, 2.24) is 24.9 Å². The van der Waals surface area contributed by atoms with Gasteiger partial charge in [0.25, 0.3) is 5.91 Å². The van der Waals surface area contributed by atoms with Gasteiger partial charge < -0.3 is 19.0 Å². The Labute approximate surface area is 161 Å². The summed E-state index contributed by atoms with van der Waals surface area (Å²) in [5.41, 5.74) is 1.26. The number of benzene rings is 1. The number of aromatic nitrogens is 4. The highest BCUT2D eigenvalue weighted by Crippen LogP contribution is 2.17. The van der Waals surface area contributed by atoms with Crippen molar-refractivity contribution in [2.24, 2.45) is 0 Å². The molecule has 0 bridgehead atoms. The first-order valence-electron chi connectivity index (χ1n) is 8.75. The van der Waals surface area contributed by atoms with Crippen molar-refractivity contribution < 1.29 is 13.9 Å². The number of nitrogens with one attached hydrogen (secondary N) is 1. The van der Waals surface area contributed by atoms with E-state index in [1.54, 1.807) is 30.2 Å². The van der Waals surface area contributed by atoms with Crippen LogP contribution in [-0.4, -0.2) is 32.6 Å². The summed E-state index contributed by atoms with van der Waals surface area (Å²) in [6.45, 7) is 0.748. The molecule has 142 valence electrons. The first kappa shape index (κ1) is 17.6. The summed E-state index contributed by atoms with van der Waals surface area (Å²) < 4.78 is 14.0. The fraction of sp³-hybridized carbons (Fsp3) is 0.150. The zero-order valence-corrected chi connectivity index (χ0v) is 15.3. The van der Waals surface area contributed by atoms with Crippen molar-refractivity contribution in [3.63, 3.8) is 0 Å². The maximum Gasteiger partial charge on any atom is 0.276 e. The van der Waals surface area contributed by atoms with Crippen LogP contribution in [-0.2, 0) is 13.1 Å². The minimum Gasteiger partial charge on any atom is -0.497 e. The third-order valence-electron chi connectivity index (χ3n) is 4.27. The molecule has 0 fully saturated rings. The molecule has 0 aliphatic carbocycles. The SMILES string of the molecule is COc1ccc(Cn2nnc(C(=O)NCc3ccco3)c2-n2cccc2)cc1. The van der Waals surface area contributed by atoms with Crippen LogP contribution < -0.4 is 10.1 Å². The maximum atomic E-state index is 12.7. The van der Waals surface area contributed by atoms with E-state index in [1.807, 2.05) is 53.4 Å². The quantitative estimate of drug-likeness (QED) is 0.535. The average molecular weight is 377 g/mol. The molecule has 28 heavy (non-hydrogen) atoms. The lowest BCUT2D eigenvalue weighted by Gasteiger charge is -2.10. The predicted molar refractivity (Wildman–Crippen MR) is 101 cm³/mol. The van der Waals surface area contributed by atoms with Crippen LogP contribution in [0.1, 0.15) is 21.8 Å². The van der Waals surface area contributed by atoms with E-state index in [0.717, 1.165) is 11.3 Å². The molecule has 4 rings (SSSR count). The van der Waals surface area contributed by atoms with Crippen LogP contribution in [0.5, 0.6) is 5.75 Å². The monoisotopic (exact) mass is 377 g/mol. The van der Waals surface area contributed by atoms with E-state index in [9.17, 15) is 4.79 Å². The Morgan fingerprint density at radius 2 is 1.93 bits per heavy atom. The second kappa shape index (κ2) is 7.83. The first-order valence-corrected chi connectivity index (χ1v) is 8.75. The van der Waals surface area contributed by atoms with Gasteiger partial charge in [-0.05, 0) is 42.0 Å². The number of carbonyl (C=O) groups is 1. The summed E-state index contributed by atoms with van der Waals surface area (Å²) in [5.74, 6) is 1.73. The van der Waals surface area contributed by atoms with E-state index in [-0.39, 0.29) is 18.1 Å². The average Bonchev–Trinajstić information content (AvgIpc) is 3.48. The molecular weight excluding hydrogens is 358 g/mol. The van der Waals surface area contributed by atoms with Gasteiger partial charge in [-0.15, -0.1) is 5.10 Å². The van der Waals surface area contributed by atoms with E-state index in [1.165, 1.54) is 0 Å². The molecule has 3 heterocycles. The molecule has 0 aliphatic heterocycles. The molecule has 8 nitrogen and oxygen atoms in total. The molecule has 3 aromatic heterocycles. The lowest BCUT2D eigenvalue weighted by Crippen LogP contribution is -2.24. The van der Waals surface area contributed by atoms with Gasteiger partial charge in [0.15, 0.2) is 11.5 Å². The Bertz CT molecular complexity index is 1030. The smallest absolute Gasteiger partial charge is 0.276 e. The van der Waals surface area contributed by atoms with Crippen molar-refractivity contribution in [1.29, 1.82) is 0 Å². The first-order chi connectivity index (χ1) is 13.7. The van der Waals surface area contributed by atoms with Crippen LogP contribution in [0.15, 0.2) is 71.6 Å². The summed E-state index contributed by atoms with van der Waals surface area (Å²) in [7, 11) is 1.63. The van der Waals surface area contributed by atoms with Gasteiger partial charge in [-0.25, -0.2) is 4.68 Å². The Hall–Kier alpha value is -3.81. The molecule has 1 amide bonds. The fourth-order valence-electron chi connectivity index (χ4n) is 2.86. The van der Waals surface area contributed by atoms with Gasteiger partial charge in [0.2, 0.25) is 0 Å². The zero-order valence-electron chi connectivity index (χ0n) is 15.3. The summed E-state index contributed by atoms with van der Waals surface area (Å²) >= 11 is 0. The summed E-state index contributed by atoms with van der Waals surface area (Å²) in [6, 6.07) is 15.0. The predicted octanol–water partition coefficient (Wildman–Crippen LogP) is 2.65. The van der Waals surface area contributed by atoms with Crippen LogP contribution in [0, 0.1) is 0 Å². The van der Waals surface area contributed by atoms with Crippen LogP contribution >= 0.6 is 0 Å². The van der Waals surface area contributed by atoms with Gasteiger partial charge in [0.05, 0.1) is 26.5 Å². The van der Waals surface area contributed by atoms with E-state index < -0.39 is 0 Å². The second-order valence-electron chi connectivity index (χ2n) is 6.12. The zero-order chi connectivity index (χ0) is 19.3. The number of ether oxygens (including phenoxy) is 1. The number of furan rings is 1. The van der Waals surface area contributed by atoms with Crippen molar-refractivity contribution in [2.75, 3.05) is 7.11 Å². The Morgan fingerprint density at radius 1 is 1.14 bits per heavy atom. The molecule has 0 atom stereocenters. The molecule has 4 aromatic rings. The molecule has 1 N–H and O–H groups in total. The summed E-state index contributed by atoms with van der Waals surface area (Å²) in [4.78, 5) is 12.7. The van der Waals surface area contributed by atoms with Crippen molar-refractivity contribution >= 4 is 5.91 Å². The number of hydrogen-bond donors (Lipinski definition) is 1. The van der Waals surface area contributed by atoms with E-state index in [4.69, 9.17) is 9.15 Å². The Balaban J connectivity index is 1.60. The largest absolute Gasteiger partial charge is 0.497 e. The van der Waals surface area contributed by atoms with Gasteiger partial charge in [0, 0.05) is 12.4 Å². The number of rotatable bonds is 7. The molecule has 0 unspecified atom stereocenters. The van der Waals surface area contributed by atoms with Crippen LogP contribution in [0.2, 0.25) is 0 Å². The summed E-state index contributed by atoms with van der Waals surface area (Å²) in [5, 5.41) is 11.2. The molecular formula is C20H19N5O3. The van der Waals surface area contributed by atoms with Crippen molar-refractivity contribution in [3.8, 4) is 11.6 Å². The van der Waals surface area contributed by atoms with E-state index in [2.05, 4.69) is 15.6 Å². The third kappa shape index (κ3) is 3.66. The van der Waals surface area contributed by atoms with Crippen molar-refractivity contribution in [2.45, 2.75) is 13.1 Å². The van der Waals surface area contributed by atoms with Gasteiger partial charge in [-0.2, -0.15) is 0 Å². The number of methoxy groups -OCH3 is 1. The topological polar surface area (TPSA) is 87.1 Å². The molecule has 0 saturated heterocycles. The summed E-state index contributed by atoms with van der Waals surface area (Å²) in [6.07, 6.45) is 5.27. The molecule has 0 radical (unpaired) electrons. The molecule has 1 aromatic carbocycles. The van der Waals surface area contributed by atoms with E-state index >= 15 is 0 Å². The van der Waals surface area contributed by atoms with Crippen LogP contribution in [0.4, 0.5) is 0 Å². The molecule has 8 heteroatoms. The molecule has 0 aliphatic rings. The Kier molecular flexibility index (Phi) is 4.92. The van der Waals surface area contributed by atoms with Crippen LogP contribution in [0.3, 0.4) is 0 Å².